The number of ether oxygens (including phenoxy) is 2. The summed E-state index contributed by atoms with van der Waals surface area (Å²) < 4.78 is 10.7. The third-order valence-electron chi connectivity index (χ3n) is 2.97. The fourth-order valence-electron chi connectivity index (χ4n) is 1.99. The van der Waals surface area contributed by atoms with E-state index in [0.29, 0.717) is 22.8 Å². The van der Waals surface area contributed by atoms with Crippen LogP contribution in [0.2, 0.25) is 0 Å². The number of hydrogen-bond donors (Lipinski definition) is 0. The molecule has 0 amide bonds. The maximum Gasteiger partial charge on any atom is 0.231 e. The lowest BCUT2D eigenvalue weighted by Gasteiger charge is -2.01. The highest BCUT2D eigenvalue weighted by atomic mass is 16.5. The highest BCUT2D eigenvalue weighted by Gasteiger charge is 2.27. The predicted octanol–water partition coefficient (Wildman–Crippen LogP) is 3.31. The van der Waals surface area contributed by atoms with Crippen LogP contribution in [0.3, 0.4) is 0 Å². The summed E-state index contributed by atoms with van der Waals surface area (Å²) in [5, 5.41) is 0. The lowest BCUT2D eigenvalue weighted by molar-refractivity contribution is 0.101. The Balaban J connectivity index is 1.97. The number of fused-ring (bicyclic) bond motifs is 1. The van der Waals surface area contributed by atoms with Gasteiger partial charge >= 0.3 is 0 Å². The summed E-state index contributed by atoms with van der Waals surface area (Å²) >= 11 is 0. The molecule has 0 atom stereocenters. The molecular weight excluding hydrogens is 240 g/mol. The number of carbonyl (C=O) groups is 1. The first-order valence-corrected chi connectivity index (χ1v) is 5.95. The van der Waals surface area contributed by atoms with E-state index in [2.05, 4.69) is 0 Å². The minimum atomic E-state index is -0.0958. The first-order chi connectivity index (χ1) is 9.28. The van der Waals surface area contributed by atoms with E-state index in [1.54, 1.807) is 31.4 Å². The Hall–Kier alpha value is -2.55. The molecule has 0 radical (unpaired) electrons. The lowest BCUT2D eigenvalue weighted by Crippen LogP contribution is -1.97. The molecule has 2 aromatic rings. The molecule has 19 heavy (non-hydrogen) atoms. The number of allylic oxidation sites excluding steroid dienone is 1. The molecule has 94 valence electrons. The summed E-state index contributed by atoms with van der Waals surface area (Å²) in [6.07, 6.45) is 1.74. The van der Waals surface area contributed by atoms with Gasteiger partial charge in [0.1, 0.15) is 11.5 Å². The molecular formula is C16H12O3. The molecule has 0 unspecified atom stereocenters. The quantitative estimate of drug-likeness (QED) is 0.769. The smallest absolute Gasteiger partial charge is 0.231 e. The Labute approximate surface area is 111 Å². The van der Waals surface area contributed by atoms with Crippen molar-refractivity contribution >= 4 is 11.9 Å². The summed E-state index contributed by atoms with van der Waals surface area (Å²) in [4.78, 5) is 12.2. The van der Waals surface area contributed by atoms with Gasteiger partial charge in [-0.15, -0.1) is 0 Å². The number of benzene rings is 2. The number of hydrogen-bond acceptors (Lipinski definition) is 3. The second kappa shape index (κ2) is 4.61. The average molecular weight is 252 g/mol. The SMILES string of the molecule is COc1ccc2c(c1)O/C(=C\c1ccccc1)C2=O. The third-order valence-corrected chi connectivity index (χ3v) is 2.97. The normalized spacial score (nSPS) is 15.2. The van der Waals surface area contributed by atoms with Crippen LogP contribution < -0.4 is 9.47 Å². The minimum Gasteiger partial charge on any atom is -0.497 e. The molecule has 0 fully saturated rings. The van der Waals surface area contributed by atoms with E-state index < -0.39 is 0 Å². The standard InChI is InChI=1S/C16H12O3/c1-18-12-7-8-13-14(10-12)19-15(16(13)17)9-11-5-3-2-4-6-11/h2-10H,1H3/b15-9-. The Morgan fingerprint density at radius 3 is 2.63 bits per heavy atom. The fourth-order valence-corrected chi connectivity index (χ4v) is 1.99. The van der Waals surface area contributed by atoms with Crippen LogP contribution in [0.25, 0.3) is 6.08 Å². The number of carbonyl (C=O) groups excluding carboxylic acids is 1. The second-order valence-corrected chi connectivity index (χ2v) is 4.21. The van der Waals surface area contributed by atoms with Crippen LogP contribution in [0.1, 0.15) is 15.9 Å². The first kappa shape index (κ1) is 11.5. The van der Waals surface area contributed by atoms with Gasteiger partial charge in [-0.25, -0.2) is 0 Å². The molecule has 0 aromatic heterocycles. The molecule has 3 rings (SSSR count). The zero-order valence-electron chi connectivity index (χ0n) is 10.4. The van der Waals surface area contributed by atoms with Gasteiger partial charge in [0.05, 0.1) is 12.7 Å². The second-order valence-electron chi connectivity index (χ2n) is 4.21. The van der Waals surface area contributed by atoms with Crippen LogP contribution >= 0.6 is 0 Å². The molecule has 0 aliphatic carbocycles. The van der Waals surface area contributed by atoms with Gasteiger partial charge in [-0.2, -0.15) is 0 Å². The van der Waals surface area contributed by atoms with Gasteiger partial charge in [-0.3, -0.25) is 4.79 Å². The molecule has 3 nitrogen and oxygen atoms in total. The van der Waals surface area contributed by atoms with Crippen molar-refractivity contribution in [3.05, 3.63) is 65.4 Å². The van der Waals surface area contributed by atoms with Gasteiger partial charge in [0.15, 0.2) is 5.76 Å². The molecule has 0 saturated carbocycles. The number of ketones is 1. The van der Waals surface area contributed by atoms with E-state index in [0.717, 1.165) is 5.56 Å². The van der Waals surface area contributed by atoms with Crippen molar-refractivity contribution in [2.24, 2.45) is 0 Å². The van der Waals surface area contributed by atoms with Crippen molar-refractivity contribution in [1.29, 1.82) is 0 Å². The number of methoxy groups -OCH3 is 1. The Bertz CT molecular complexity index is 657. The van der Waals surface area contributed by atoms with E-state index in [1.165, 1.54) is 0 Å². The summed E-state index contributed by atoms with van der Waals surface area (Å²) in [6, 6.07) is 14.8. The highest BCUT2D eigenvalue weighted by molar-refractivity contribution is 6.14. The van der Waals surface area contributed by atoms with E-state index in [9.17, 15) is 4.79 Å². The molecule has 0 saturated heterocycles. The van der Waals surface area contributed by atoms with Crippen LogP contribution in [0.4, 0.5) is 0 Å². The van der Waals surface area contributed by atoms with Crippen LogP contribution in [0, 0.1) is 0 Å². The highest BCUT2D eigenvalue weighted by Crippen LogP contribution is 2.34. The predicted molar refractivity (Wildman–Crippen MR) is 72.4 cm³/mol. The minimum absolute atomic E-state index is 0.0958. The first-order valence-electron chi connectivity index (χ1n) is 5.95. The van der Waals surface area contributed by atoms with Crippen LogP contribution in [0.15, 0.2) is 54.3 Å². The van der Waals surface area contributed by atoms with Crippen LogP contribution in [0.5, 0.6) is 11.5 Å². The Kier molecular flexibility index (Phi) is 2.80. The van der Waals surface area contributed by atoms with Crippen molar-refractivity contribution in [1.82, 2.24) is 0 Å². The largest absolute Gasteiger partial charge is 0.497 e. The van der Waals surface area contributed by atoms with Crippen molar-refractivity contribution in [3.8, 4) is 11.5 Å². The van der Waals surface area contributed by atoms with Crippen molar-refractivity contribution < 1.29 is 14.3 Å². The van der Waals surface area contributed by atoms with Gasteiger partial charge in [0.25, 0.3) is 0 Å². The molecule has 2 aromatic carbocycles. The third kappa shape index (κ3) is 2.10. The van der Waals surface area contributed by atoms with Gasteiger partial charge in [-0.1, -0.05) is 30.3 Å². The topological polar surface area (TPSA) is 35.5 Å². The zero-order valence-corrected chi connectivity index (χ0v) is 10.4. The molecule has 1 heterocycles. The molecule has 1 aliphatic rings. The van der Waals surface area contributed by atoms with Crippen LogP contribution in [-0.2, 0) is 0 Å². The van der Waals surface area contributed by atoms with Crippen LogP contribution in [-0.4, -0.2) is 12.9 Å². The monoisotopic (exact) mass is 252 g/mol. The van der Waals surface area contributed by atoms with Crippen molar-refractivity contribution in [3.63, 3.8) is 0 Å². The summed E-state index contributed by atoms with van der Waals surface area (Å²) in [7, 11) is 1.58. The number of Topliss-reactive ketones (excluding diaryl/α,β-unsaturated/α-hetero) is 1. The van der Waals surface area contributed by atoms with Gasteiger partial charge in [-0.05, 0) is 23.8 Å². The number of rotatable bonds is 2. The van der Waals surface area contributed by atoms with E-state index in [4.69, 9.17) is 9.47 Å². The summed E-state index contributed by atoms with van der Waals surface area (Å²) in [6.45, 7) is 0. The van der Waals surface area contributed by atoms with E-state index in [-0.39, 0.29) is 5.78 Å². The fraction of sp³-hybridized carbons (Fsp3) is 0.0625. The molecule has 0 spiro atoms. The summed E-state index contributed by atoms with van der Waals surface area (Å²) in [5.74, 6) is 1.47. The Morgan fingerprint density at radius 2 is 1.89 bits per heavy atom. The van der Waals surface area contributed by atoms with Gasteiger partial charge in [0, 0.05) is 6.07 Å². The lowest BCUT2D eigenvalue weighted by atomic mass is 10.1. The maximum absolute atomic E-state index is 12.2. The maximum atomic E-state index is 12.2. The molecule has 0 bridgehead atoms. The van der Waals surface area contributed by atoms with E-state index >= 15 is 0 Å². The molecule has 3 heteroatoms. The Morgan fingerprint density at radius 1 is 1.11 bits per heavy atom. The molecule has 1 aliphatic heterocycles. The zero-order chi connectivity index (χ0) is 13.2. The average Bonchev–Trinajstić information content (AvgIpc) is 2.76. The summed E-state index contributed by atoms with van der Waals surface area (Å²) in [5.41, 5.74) is 1.51. The van der Waals surface area contributed by atoms with Gasteiger partial charge < -0.3 is 9.47 Å². The van der Waals surface area contributed by atoms with Crippen molar-refractivity contribution in [2.45, 2.75) is 0 Å². The molecule has 0 N–H and O–H groups in total. The van der Waals surface area contributed by atoms with Crippen molar-refractivity contribution in [2.75, 3.05) is 7.11 Å². The van der Waals surface area contributed by atoms with Gasteiger partial charge in [0.2, 0.25) is 5.78 Å². The van der Waals surface area contributed by atoms with E-state index in [1.807, 2.05) is 30.3 Å².